The number of benzene rings is 2. The molecule has 200 valence electrons. The summed E-state index contributed by atoms with van der Waals surface area (Å²) in [4.78, 5) is 28.4. The Morgan fingerprint density at radius 2 is 1.85 bits per heavy atom. The lowest BCUT2D eigenvalue weighted by atomic mass is 10.0. The van der Waals surface area contributed by atoms with Crippen LogP contribution in [0.5, 0.6) is 0 Å². The summed E-state index contributed by atoms with van der Waals surface area (Å²) in [6.45, 7) is 14.3. The molecule has 7 nitrogen and oxygen atoms in total. The standard InChI is InChI=1S/C30H31ClN6OS/c1-5-37-28-22(17-26(29(37)38)25-12-7-21(18-27(25)31)20(3)39-6-2)19-32-30(34-28)33-23-8-10-24(11-9-23)36-15-13-35(4)14-16-36/h6-12,17-19H,2-3,5,13-16H2,1,4H3,(H,32,33,34). The van der Waals surface area contributed by atoms with Crippen LogP contribution in [0, 0.1) is 0 Å². The molecule has 1 aliphatic rings. The van der Waals surface area contributed by atoms with Gasteiger partial charge in [-0.1, -0.05) is 48.7 Å². The third-order valence-electron chi connectivity index (χ3n) is 6.94. The van der Waals surface area contributed by atoms with Crippen molar-refractivity contribution in [3.8, 4) is 11.1 Å². The second-order valence-electron chi connectivity index (χ2n) is 9.44. The van der Waals surface area contributed by atoms with E-state index in [0.29, 0.717) is 34.3 Å². The van der Waals surface area contributed by atoms with Crippen molar-refractivity contribution in [2.75, 3.05) is 43.4 Å². The minimum Gasteiger partial charge on any atom is -0.369 e. The fraction of sp³-hybridized carbons (Fsp3) is 0.233. The molecule has 1 N–H and O–H groups in total. The first kappa shape index (κ1) is 27.0. The number of hydrogen-bond acceptors (Lipinski definition) is 7. The maximum Gasteiger partial charge on any atom is 0.260 e. The number of piperazine rings is 1. The molecule has 0 amide bonds. The molecule has 2 aromatic heterocycles. The Morgan fingerprint density at radius 1 is 1.10 bits per heavy atom. The molecule has 4 aromatic rings. The lowest BCUT2D eigenvalue weighted by Gasteiger charge is -2.34. The summed E-state index contributed by atoms with van der Waals surface area (Å²) in [6, 6.07) is 15.7. The zero-order valence-corrected chi connectivity index (χ0v) is 23.7. The van der Waals surface area contributed by atoms with Gasteiger partial charge in [0, 0.05) is 76.7 Å². The number of halogens is 1. The lowest BCUT2D eigenvalue weighted by molar-refractivity contribution is 0.313. The Morgan fingerprint density at radius 3 is 2.51 bits per heavy atom. The van der Waals surface area contributed by atoms with Crippen LogP contribution in [0.4, 0.5) is 17.3 Å². The van der Waals surface area contributed by atoms with Gasteiger partial charge in [0.15, 0.2) is 0 Å². The number of rotatable bonds is 8. The van der Waals surface area contributed by atoms with Crippen LogP contribution in [0.3, 0.4) is 0 Å². The average Bonchev–Trinajstić information content (AvgIpc) is 2.94. The van der Waals surface area contributed by atoms with E-state index in [4.69, 9.17) is 16.6 Å². The number of nitrogens with zero attached hydrogens (tertiary/aromatic N) is 5. The fourth-order valence-corrected chi connectivity index (χ4v) is 5.48. The number of nitrogens with one attached hydrogen (secondary N) is 1. The van der Waals surface area contributed by atoms with Gasteiger partial charge in [-0.05, 0) is 61.3 Å². The Labute approximate surface area is 237 Å². The number of anilines is 3. The third-order valence-corrected chi connectivity index (χ3v) is 7.94. The largest absolute Gasteiger partial charge is 0.369 e. The fourth-order valence-electron chi connectivity index (χ4n) is 4.73. The minimum atomic E-state index is -0.153. The van der Waals surface area contributed by atoms with Gasteiger partial charge in [0.2, 0.25) is 5.95 Å². The van der Waals surface area contributed by atoms with E-state index in [0.717, 1.165) is 47.7 Å². The molecule has 39 heavy (non-hydrogen) atoms. The van der Waals surface area contributed by atoms with Crippen LogP contribution in [0.2, 0.25) is 5.02 Å². The zero-order valence-electron chi connectivity index (χ0n) is 22.2. The van der Waals surface area contributed by atoms with Crippen molar-refractivity contribution in [1.29, 1.82) is 0 Å². The first-order valence-electron chi connectivity index (χ1n) is 12.9. The maximum atomic E-state index is 13.5. The second kappa shape index (κ2) is 11.7. The quantitative estimate of drug-likeness (QED) is 0.266. The van der Waals surface area contributed by atoms with E-state index in [9.17, 15) is 4.79 Å². The Balaban J connectivity index is 1.42. The van der Waals surface area contributed by atoms with Gasteiger partial charge in [0.05, 0.1) is 0 Å². The second-order valence-corrected chi connectivity index (χ2v) is 10.9. The predicted molar refractivity (Wildman–Crippen MR) is 166 cm³/mol. The van der Waals surface area contributed by atoms with E-state index >= 15 is 0 Å². The molecular weight excluding hydrogens is 528 g/mol. The number of pyridine rings is 1. The molecule has 1 saturated heterocycles. The molecule has 9 heteroatoms. The van der Waals surface area contributed by atoms with E-state index in [1.807, 2.05) is 43.3 Å². The van der Waals surface area contributed by atoms with Crippen LogP contribution in [0.25, 0.3) is 27.1 Å². The zero-order chi connectivity index (χ0) is 27.5. The smallest absolute Gasteiger partial charge is 0.260 e. The molecule has 1 fully saturated rings. The van der Waals surface area contributed by atoms with Gasteiger partial charge in [0.25, 0.3) is 5.56 Å². The lowest BCUT2D eigenvalue weighted by Crippen LogP contribution is -2.44. The van der Waals surface area contributed by atoms with Gasteiger partial charge in [-0.25, -0.2) is 4.98 Å². The number of hydrogen-bond donors (Lipinski definition) is 1. The molecule has 0 unspecified atom stereocenters. The first-order chi connectivity index (χ1) is 18.9. The van der Waals surface area contributed by atoms with Crippen LogP contribution in [0.15, 0.2) is 78.1 Å². The van der Waals surface area contributed by atoms with Crippen molar-refractivity contribution in [1.82, 2.24) is 19.4 Å². The van der Waals surface area contributed by atoms with Crippen LogP contribution in [0.1, 0.15) is 12.5 Å². The highest BCUT2D eigenvalue weighted by molar-refractivity contribution is 8.10. The molecular formula is C30H31ClN6OS. The summed E-state index contributed by atoms with van der Waals surface area (Å²) in [6.07, 6.45) is 1.74. The van der Waals surface area contributed by atoms with E-state index < -0.39 is 0 Å². The van der Waals surface area contributed by atoms with Crippen molar-refractivity contribution in [3.63, 3.8) is 0 Å². The molecule has 1 aliphatic heterocycles. The summed E-state index contributed by atoms with van der Waals surface area (Å²) in [7, 11) is 2.15. The molecule has 0 aliphatic carbocycles. The van der Waals surface area contributed by atoms with Crippen molar-refractivity contribution in [2.45, 2.75) is 13.5 Å². The summed E-state index contributed by atoms with van der Waals surface area (Å²) in [5, 5.41) is 6.25. The summed E-state index contributed by atoms with van der Waals surface area (Å²) < 4.78 is 1.66. The normalized spacial score (nSPS) is 14.0. The highest BCUT2D eigenvalue weighted by atomic mass is 35.5. The van der Waals surface area contributed by atoms with Crippen molar-refractivity contribution in [2.24, 2.45) is 0 Å². The number of thioether (sulfide) groups is 1. The van der Waals surface area contributed by atoms with Gasteiger partial charge < -0.3 is 15.1 Å². The van der Waals surface area contributed by atoms with Gasteiger partial charge in [-0.3, -0.25) is 9.36 Å². The molecule has 0 spiro atoms. The highest BCUT2D eigenvalue weighted by Gasteiger charge is 2.17. The van der Waals surface area contributed by atoms with Crippen molar-refractivity contribution < 1.29 is 0 Å². The number of likely N-dealkylation sites (N-methyl/N-ethyl adjacent to an activating group) is 1. The monoisotopic (exact) mass is 558 g/mol. The van der Waals surface area contributed by atoms with Gasteiger partial charge in [0.1, 0.15) is 5.65 Å². The Kier molecular flexibility index (Phi) is 8.07. The van der Waals surface area contributed by atoms with Crippen molar-refractivity contribution >= 4 is 56.6 Å². The van der Waals surface area contributed by atoms with Crippen LogP contribution < -0.4 is 15.8 Å². The molecule has 0 saturated carbocycles. The van der Waals surface area contributed by atoms with E-state index in [-0.39, 0.29) is 5.56 Å². The Bertz CT molecular complexity index is 1590. The van der Waals surface area contributed by atoms with Gasteiger partial charge in [-0.2, -0.15) is 4.98 Å². The van der Waals surface area contributed by atoms with Crippen LogP contribution >= 0.6 is 23.4 Å². The van der Waals surface area contributed by atoms with Gasteiger partial charge >= 0.3 is 0 Å². The summed E-state index contributed by atoms with van der Waals surface area (Å²) in [5.41, 5.74) is 4.57. The van der Waals surface area contributed by atoms with Crippen LogP contribution in [-0.2, 0) is 6.54 Å². The summed E-state index contributed by atoms with van der Waals surface area (Å²) in [5.74, 6) is 0.435. The van der Waals surface area contributed by atoms with E-state index in [2.05, 4.69) is 52.4 Å². The molecule has 0 radical (unpaired) electrons. The third kappa shape index (κ3) is 5.73. The van der Waals surface area contributed by atoms with Gasteiger partial charge in [-0.15, -0.1) is 0 Å². The topological polar surface area (TPSA) is 66.3 Å². The van der Waals surface area contributed by atoms with Crippen LogP contribution in [-0.4, -0.2) is 52.7 Å². The maximum absolute atomic E-state index is 13.5. The number of aryl methyl sites for hydroxylation is 1. The van der Waals surface area contributed by atoms with Crippen molar-refractivity contribution in [3.05, 3.63) is 94.2 Å². The summed E-state index contributed by atoms with van der Waals surface area (Å²) >= 11 is 8.07. The molecule has 5 rings (SSSR count). The number of aromatic nitrogens is 3. The molecule has 0 bridgehead atoms. The molecule has 2 aromatic carbocycles. The molecule has 3 heterocycles. The van der Waals surface area contributed by atoms with E-state index in [1.165, 1.54) is 17.4 Å². The SMILES string of the molecule is C=CSC(=C)c1ccc(-c2cc3cnc(Nc4ccc(N5CCN(C)CC5)cc4)nc3n(CC)c2=O)c(Cl)c1. The highest BCUT2D eigenvalue weighted by Crippen LogP contribution is 2.33. The molecule has 0 atom stereocenters. The minimum absolute atomic E-state index is 0.153. The number of fused-ring (bicyclic) bond motifs is 1. The first-order valence-corrected chi connectivity index (χ1v) is 14.1. The average molecular weight is 559 g/mol. The predicted octanol–water partition coefficient (Wildman–Crippen LogP) is 6.47. The van der Waals surface area contributed by atoms with E-state index in [1.54, 1.807) is 16.2 Å². The Hall–Kier alpha value is -3.59.